The summed E-state index contributed by atoms with van der Waals surface area (Å²) in [6, 6.07) is 7.38. The summed E-state index contributed by atoms with van der Waals surface area (Å²) in [6.07, 6.45) is 6.03. The van der Waals surface area contributed by atoms with Gasteiger partial charge in [0.25, 0.3) is 0 Å². The van der Waals surface area contributed by atoms with Gasteiger partial charge in [-0.1, -0.05) is 11.6 Å². The molecule has 0 spiro atoms. The first kappa shape index (κ1) is 23.6. The second-order valence-electron chi connectivity index (χ2n) is 6.14. The van der Waals surface area contributed by atoms with Crippen molar-refractivity contribution in [2.24, 2.45) is 4.99 Å². The molecule has 1 unspecified atom stereocenters. The van der Waals surface area contributed by atoms with Crippen molar-refractivity contribution < 1.29 is 4.74 Å². The SMILES string of the molecule is CN=C(NCCCCn1ccnc1C)NCC(C)Oc1ccc(Cl)cc1.I. The largest absolute Gasteiger partial charge is 0.489 e. The van der Waals surface area contributed by atoms with Crippen LogP contribution in [0.15, 0.2) is 41.7 Å². The molecule has 0 radical (unpaired) electrons. The summed E-state index contributed by atoms with van der Waals surface area (Å²) in [5.41, 5.74) is 0. The van der Waals surface area contributed by atoms with Crippen LogP contribution in [-0.2, 0) is 6.54 Å². The molecular weight excluding hydrogens is 477 g/mol. The molecule has 2 aromatic rings. The third-order valence-corrected chi connectivity index (χ3v) is 4.23. The molecular formula is C19H29ClIN5O. The number of rotatable bonds is 9. The van der Waals surface area contributed by atoms with Crippen LogP contribution in [0.5, 0.6) is 5.75 Å². The quantitative estimate of drug-likeness (QED) is 0.235. The number of aryl methyl sites for hydroxylation is 2. The van der Waals surface area contributed by atoms with Crippen molar-refractivity contribution in [3.05, 3.63) is 47.5 Å². The van der Waals surface area contributed by atoms with Crippen LogP contribution in [-0.4, -0.2) is 41.8 Å². The van der Waals surface area contributed by atoms with E-state index in [0.717, 1.165) is 43.5 Å². The predicted octanol–water partition coefficient (Wildman–Crippen LogP) is 3.88. The number of imidazole rings is 1. The maximum atomic E-state index is 5.88. The zero-order valence-corrected chi connectivity index (χ0v) is 19.2. The second kappa shape index (κ2) is 12.8. The fourth-order valence-electron chi connectivity index (χ4n) is 2.50. The van der Waals surface area contributed by atoms with Gasteiger partial charge in [0.05, 0.1) is 6.54 Å². The molecule has 0 aliphatic rings. The van der Waals surface area contributed by atoms with Gasteiger partial charge in [-0.3, -0.25) is 4.99 Å². The second-order valence-corrected chi connectivity index (χ2v) is 6.57. The lowest BCUT2D eigenvalue weighted by atomic mass is 10.3. The molecule has 0 saturated heterocycles. The number of unbranched alkanes of at least 4 members (excludes halogenated alkanes) is 1. The number of aliphatic imine (C=N–C) groups is 1. The Labute approximate surface area is 183 Å². The molecule has 0 fully saturated rings. The lowest BCUT2D eigenvalue weighted by Gasteiger charge is -2.18. The highest BCUT2D eigenvalue weighted by Gasteiger charge is 2.06. The molecule has 27 heavy (non-hydrogen) atoms. The van der Waals surface area contributed by atoms with E-state index < -0.39 is 0 Å². The van der Waals surface area contributed by atoms with Crippen molar-refractivity contribution in [2.75, 3.05) is 20.1 Å². The maximum Gasteiger partial charge on any atom is 0.191 e. The van der Waals surface area contributed by atoms with E-state index in [1.165, 1.54) is 0 Å². The standard InChI is InChI=1S/C19H28ClN5O.HI/c1-15(26-18-8-6-17(20)7-9-18)14-24-19(21-3)23-10-4-5-12-25-13-11-22-16(25)2;/h6-9,11,13,15H,4-5,10,12,14H2,1-3H3,(H2,21,23,24);1H. The zero-order valence-electron chi connectivity index (χ0n) is 16.1. The fourth-order valence-corrected chi connectivity index (χ4v) is 2.63. The highest BCUT2D eigenvalue weighted by atomic mass is 127. The van der Waals surface area contributed by atoms with E-state index in [4.69, 9.17) is 16.3 Å². The lowest BCUT2D eigenvalue weighted by Crippen LogP contribution is -2.42. The minimum Gasteiger partial charge on any atom is -0.489 e. The van der Waals surface area contributed by atoms with Gasteiger partial charge >= 0.3 is 0 Å². The molecule has 6 nitrogen and oxygen atoms in total. The van der Waals surface area contributed by atoms with Crippen LogP contribution < -0.4 is 15.4 Å². The molecule has 2 rings (SSSR count). The lowest BCUT2D eigenvalue weighted by molar-refractivity contribution is 0.224. The van der Waals surface area contributed by atoms with E-state index in [0.29, 0.717) is 11.6 Å². The van der Waals surface area contributed by atoms with Crippen LogP contribution in [0.3, 0.4) is 0 Å². The number of aromatic nitrogens is 2. The van der Waals surface area contributed by atoms with Crippen molar-refractivity contribution in [2.45, 2.75) is 39.3 Å². The monoisotopic (exact) mass is 505 g/mol. The van der Waals surface area contributed by atoms with Gasteiger partial charge in [-0.05, 0) is 51.0 Å². The molecule has 0 amide bonds. The molecule has 1 atom stereocenters. The number of nitrogens with zero attached hydrogens (tertiary/aromatic N) is 3. The van der Waals surface area contributed by atoms with Gasteiger partial charge in [-0.2, -0.15) is 0 Å². The molecule has 150 valence electrons. The summed E-state index contributed by atoms with van der Waals surface area (Å²) >= 11 is 5.88. The molecule has 0 saturated carbocycles. The first-order valence-corrected chi connectivity index (χ1v) is 9.30. The number of hydrogen-bond donors (Lipinski definition) is 2. The molecule has 2 N–H and O–H groups in total. The Morgan fingerprint density at radius 1 is 1.26 bits per heavy atom. The van der Waals surface area contributed by atoms with Crippen molar-refractivity contribution in [1.29, 1.82) is 0 Å². The molecule has 1 heterocycles. The van der Waals surface area contributed by atoms with Gasteiger partial charge in [0.2, 0.25) is 0 Å². The van der Waals surface area contributed by atoms with E-state index in [2.05, 4.69) is 25.2 Å². The number of guanidine groups is 1. The average molecular weight is 506 g/mol. The predicted molar refractivity (Wildman–Crippen MR) is 123 cm³/mol. The Balaban J connectivity index is 0.00000364. The average Bonchev–Trinajstić information content (AvgIpc) is 3.04. The first-order valence-electron chi connectivity index (χ1n) is 8.93. The summed E-state index contributed by atoms with van der Waals surface area (Å²) < 4.78 is 8.02. The maximum absolute atomic E-state index is 5.88. The number of ether oxygens (including phenoxy) is 1. The van der Waals surface area contributed by atoms with Gasteiger partial charge in [-0.25, -0.2) is 4.98 Å². The third-order valence-electron chi connectivity index (χ3n) is 3.97. The number of hydrogen-bond acceptors (Lipinski definition) is 3. The van der Waals surface area contributed by atoms with Gasteiger partial charge in [0.1, 0.15) is 17.7 Å². The minimum atomic E-state index is 0. The molecule has 0 aliphatic carbocycles. The zero-order chi connectivity index (χ0) is 18.8. The van der Waals surface area contributed by atoms with Crippen molar-refractivity contribution >= 4 is 41.5 Å². The minimum absolute atomic E-state index is 0. The first-order chi connectivity index (χ1) is 12.6. The van der Waals surface area contributed by atoms with Crippen LogP contribution in [0.2, 0.25) is 5.02 Å². The summed E-state index contributed by atoms with van der Waals surface area (Å²) in [7, 11) is 1.77. The normalized spacial score (nSPS) is 12.2. The van der Waals surface area contributed by atoms with Gasteiger partial charge in [0, 0.05) is 37.6 Å². The van der Waals surface area contributed by atoms with Crippen molar-refractivity contribution in [3.8, 4) is 5.75 Å². The third kappa shape index (κ3) is 8.83. The number of nitrogens with one attached hydrogen (secondary N) is 2. The summed E-state index contributed by atoms with van der Waals surface area (Å²) in [6.45, 7) is 6.57. The Morgan fingerprint density at radius 3 is 2.63 bits per heavy atom. The van der Waals surface area contributed by atoms with Crippen LogP contribution in [0, 0.1) is 6.92 Å². The van der Waals surface area contributed by atoms with Gasteiger partial charge < -0.3 is 19.9 Å². The summed E-state index contributed by atoms with van der Waals surface area (Å²) in [5.74, 6) is 2.65. The van der Waals surface area contributed by atoms with Crippen molar-refractivity contribution in [3.63, 3.8) is 0 Å². The Bertz CT molecular complexity index is 690. The highest BCUT2D eigenvalue weighted by Crippen LogP contribution is 2.16. The molecule has 8 heteroatoms. The van der Waals surface area contributed by atoms with Crippen LogP contribution in [0.4, 0.5) is 0 Å². The van der Waals surface area contributed by atoms with E-state index in [1.54, 1.807) is 7.05 Å². The summed E-state index contributed by atoms with van der Waals surface area (Å²) in [4.78, 5) is 8.48. The van der Waals surface area contributed by atoms with E-state index >= 15 is 0 Å². The van der Waals surface area contributed by atoms with Gasteiger partial charge in [-0.15, -0.1) is 24.0 Å². The summed E-state index contributed by atoms with van der Waals surface area (Å²) in [5, 5.41) is 7.32. The topological polar surface area (TPSA) is 63.5 Å². The van der Waals surface area contributed by atoms with Gasteiger partial charge in [0.15, 0.2) is 5.96 Å². The molecule has 1 aromatic heterocycles. The molecule has 1 aromatic carbocycles. The Kier molecular flexibility index (Phi) is 11.2. The number of halogens is 2. The van der Waals surface area contributed by atoms with E-state index in [-0.39, 0.29) is 30.1 Å². The fraction of sp³-hybridized carbons (Fsp3) is 0.474. The Morgan fingerprint density at radius 2 is 2.00 bits per heavy atom. The van der Waals surface area contributed by atoms with Crippen molar-refractivity contribution in [1.82, 2.24) is 20.2 Å². The van der Waals surface area contributed by atoms with Crippen LogP contribution >= 0.6 is 35.6 Å². The smallest absolute Gasteiger partial charge is 0.191 e. The highest BCUT2D eigenvalue weighted by molar-refractivity contribution is 14.0. The van der Waals surface area contributed by atoms with E-state index in [1.807, 2.05) is 50.5 Å². The Hall–Kier alpha value is -1.48. The number of benzene rings is 1. The molecule has 0 aliphatic heterocycles. The molecule has 0 bridgehead atoms. The van der Waals surface area contributed by atoms with Crippen LogP contribution in [0.25, 0.3) is 0 Å². The van der Waals surface area contributed by atoms with Crippen LogP contribution in [0.1, 0.15) is 25.6 Å². The van der Waals surface area contributed by atoms with E-state index in [9.17, 15) is 0 Å².